The fraction of sp³-hybridized carbons (Fsp3) is 0.611. The van der Waals surface area contributed by atoms with Gasteiger partial charge in [0.1, 0.15) is 5.75 Å². The maximum atomic E-state index is 5.73. The molecule has 24 heavy (non-hydrogen) atoms. The molecule has 0 aromatic heterocycles. The molecular weight excluding hydrogens is 417 g/mol. The fourth-order valence-corrected chi connectivity index (χ4v) is 1.95. The van der Waals surface area contributed by atoms with E-state index in [2.05, 4.69) is 42.5 Å². The maximum Gasteiger partial charge on any atom is 0.191 e. The third kappa shape index (κ3) is 9.97. The van der Waals surface area contributed by atoms with Crippen LogP contribution in [0.4, 0.5) is 0 Å². The van der Waals surface area contributed by atoms with Crippen LogP contribution in [0.25, 0.3) is 0 Å². The number of nitrogens with zero attached hydrogens (tertiary/aromatic N) is 1. The second-order valence-corrected chi connectivity index (χ2v) is 5.49. The summed E-state index contributed by atoms with van der Waals surface area (Å²) in [5.74, 6) is 1.74. The summed E-state index contributed by atoms with van der Waals surface area (Å²) in [4.78, 5) is 4.64. The molecule has 0 saturated carbocycles. The van der Waals surface area contributed by atoms with Gasteiger partial charge >= 0.3 is 0 Å². The summed E-state index contributed by atoms with van der Waals surface area (Å²) in [5, 5.41) is 6.67. The molecule has 0 bridgehead atoms. The molecule has 1 rings (SSSR count). The Morgan fingerprint density at radius 1 is 1.25 bits per heavy atom. The topological polar surface area (TPSA) is 54.9 Å². The van der Waals surface area contributed by atoms with E-state index in [4.69, 9.17) is 9.47 Å². The Morgan fingerprint density at radius 2 is 2.04 bits per heavy atom. The average Bonchev–Trinajstić information content (AvgIpc) is 2.57. The van der Waals surface area contributed by atoms with Gasteiger partial charge < -0.3 is 20.1 Å². The summed E-state index contributed by atoms with van der Waals surface area (Å²) in [6, 6.07) is 8.50. The number of aliphatic imine (C=N–C) groups is 1. The second-order valence-electron chi connectivity index (χ2n) is 5.49. The number of methoxy groups -OCH3 is 1. The summed E-state index contributed by atoms with van der Waals surface area (Å²) in [6.07, 6.45) is 1.96. The van der Waals surface area contributed by atoms with Crippen LogP contribution in [0.2, 0.25) is 0 Å². The van der Waals surface area contributed by atoms with Gasteiger partial charge in [0, 0.05) is 32.7 Å². The van der Waals surface area contributed by atoms with Crippen LogP contribution in [0.1, 0.15) is 39.2 Å². The quantitative estimate of drug-likeness (QED) is 0.248. The van der Waals surface area contributed by atoms with Crippen molar-refractivity contribution in [3.05, 3.63) is 29.8 Å². The zero-order valence-electron chi connectivity index (χ0n) is 15.3. The van der Waals surface area contributed by atoms with E-state index in [1.54, 1.807) is 7.11 Å². The van der Waals surface area contributed by atoms with Gasteiger partial charge in [-0.25, -0.2) is 4.99 Å². The molecule has 0 aliphatic heterocycles. The van der Waals surface area contributed by atoms with Crippen LogP contribution in [0.3, 0.4) is 0 Å². The number of halogens is 1. The number of hydrogen-bond donors (Lipinski definition) is 2. The zero-order valence-corrected chi connectivity index (χ0v) is 17.6. The minimum atomic E-state index is 0. The minimum Gasteiger partial charge on any atom is -0.493 e. The smallest absolute Gasteiger partial charge is 0.191 e. The Hall–Kier alpha value is -1.02. The minimum absolute atomic E-state index is 0. The largest absolute Gasteiger partial charge is 0.493 e. The molecule has 1 aromatic carbocycles. The van der Waals surface area contributed by atoms with Crippen molar-refractivity contribution >= 4 is 29.9 Å². The van der Waals surface area contributed by atoms with E-state index in [9.17, 15) is 0 Å². The predicted octanol–water partition coefficient (Wildman–Crippen LogP) is 3.57. The Bertz CT molecular complexity index is 469. The van der Waals surface area contributed by atoms with Gasteiger partial charge in [0.15, 0.2) is 5.96 Å². The van der Waals surface area contributed by atoms with E-state index in [0.29, 0.717) is 19.2 Å². The molecule has 5 nitrogen and oxygen atoms in total. The van der Waals surface area contributed by atoms with Gasteiger partial charge in [0.25, 0.3) is 0 Å². The van der Waals surface area contributed by atoms with Crippen molar-refractivity contribution in [3.8, 4) is 5.75 Å². The highest BCUT2D eigenvalue weighted by Crippen LogP contribution is 2.14. The van der Waals surface area contributed by atoms with Crippen molar-refractivity contribution in [1.82, 2.24) is 10.6 Å². The predicted molar refractivity (Wildman–Crippen MR) is 112 cm³/mol. The molecule has 0 amide bonds. The van der Waals surface area contributed by atoms with Crippen LogP contribution in [0.15, 0.2) is 29.3 Å². The van der Waals surface area contributed by atoms with E-state index in [-0.39, 0.29) is 24.0 Å². The second kappa shape index (κ2) is 14.3. The van der Waals surface area contributed by atoms with Crippen LogP contribution in [-0.4, -0.2) is 38.9 Å². The van der Waals surface area contributed by atoms with E-state index in [1.165, 1.54) is 0 Å². The van der Waals surface area contributed by atoms with E-state index in [0.717, 1.165) is 43.3 Å². The number of rotatable bonds is 10. The van der Waals surface area contributed by atoms with Gasteiger partial charge in [-0.1, -0.05) is 19.1 Å². The SMILES string of the molecule is CCNC(=NCc1cccc(OCCCOC)c1)NC(C)CC.I. The highest BCUT2D eigenvalue weighted by atomic mass is 127. The summed E-state index contributed by atoms with van der Waals surface area (Å²) in [6.45, 7) is 9.25. The van der Waals surface area contributed by atoms with Gasteiger partial charge in [0.2, 0.25) is 0 Å². The van der Waals surface area contributed by atoms with Gasteiger partial charge in [-0.15, -0.1) is 24.0 Å². The highest BCUT2D eigenvalue weighted by molar-refractivity contribution is 14.0. The van der Waals surface area contributed by atoms with Crippen molar-refractivity contribution in [2.24, 2.45) is 4.99 Å². The lowest BCUT2D eigenvalue weighted by Crippen LogP contribution is -2.41. The van der Waals surface area contributed by atoms with Crippen molar-refractivity contribution in [2.75, 3.05) is 26.9 Å². The summed E-state index contributed by atoms with van der Waals surface area (Å²) < 4.78 is 10.7. The summed E-state index contributed by atoms with van der Waals surface area (Å²) >= 11 is 0. The van der Waals surface area contributed by atoms with Crippen LogP contribution in [-0.2, 0) is 11.3 Å². The molecule has 1 aromatic rings. The Labute approximate surface area is 163 Å². The number of hydrogen-bond acceptors (Lipinski definition) is 3. The Balaban J connectivity index is 0.00000529. The molecule has 0 radical (unpaired) electrons. The van der Waals surface area contributed by atoms with Crippen molar-refractivity contribution in [3.63, 3.8) is 0 Å². The Morgan fingerprint density at radius 3 is 2.71 bits per heavy atom. The zero-order chi connectivity index (χ0) is 16.9. The third-order valence-corrected chi connectivity index (χ3v) is 3.42. The normalized spacial score (nSPS) is 12.2. The fourth-order valence-electron chi connectivity index (χ4n) is 1.95. The number of benzene rings is 1. The highest BCUT2D eigenvalue weighted by Gasteiger charge is 2.03. The molecule has 0 fully saturated rings. The van der Waals surface area contributed by atoms with Gasteiger partial charge in [-0.2, -0.15) is 0 Å². The Kier molecular flexibility index (Phi) is 13.7. The lowest BCUT2D eigenvalue weighted by atomic mass is 10.2. The van der Waals surface area contributed by atoms with Gasteiger partial charge in [0.05, 0.1) is 13.2 Å². The third-order valence-electron chi connectivity index (χ3n) is 3.42. The maximum absolute atomic E-state index is 5.73. The number of nitrogens with one attached hydrogen (secondary N) is 2. The molecule has 1 unspecified atom stereocenters. The molecular formula is C18H32IN3O2. The average molecular weight is 449 g/mol. The van der Waals surface area contributed by atoms with E-state index >= 15 is 0 Å². The molecule has 0 aliphatic rings. The molecule has 1 atom stereocenters. The molecule has 138 valence electrons. The summed E-state index contributed by atoms with van der Waals surface area (Å²) in [5.41, 5.74) is 1.13. The first kappa shape index (κ1) is 23.0. The van der Waals surface area contributed by atoms with E-state index in [1.807, 2.05) is 18.2 Å². The van der Waals surface area contributed by atoms with Crippen LogP contribution < -0.4 is 15.4 Å². The first-order valence-corrected chi connectivity index (χ1v) is 8.45. The van der Waals surface area contributed by atoms with Crippen molar-refractivity contribution in [2.45, 2.75) is 46.2 Å². The molecule has 2 N–H and O–H groups in total. The van der Waals surface area contributed by atoms with Crippen LogP contribution in [0, 0.1) is 0 Å². The van der Waals surface area contributed by atoms with Crippen molar-refractivity contribution < 1.29 is 9.47 Å². The lowest BCUT2D eigenvalue weighted by molar-refractivity contribution is 0.172. The van der Waals surface area contributed by atoms with Crippen LogP contribution >= 0.6 is 24.0 Å². The van der Waals surface area contributed by atoms with Crippen LogP contribution in [0.5, 0.6) is 5.75 Å². The monoisotopic (exact) mass is 449 g/mol. The number of guanidine groups is 1. The first-order chi connectivity index (χ1) is 11.2. The van der Waals surface area contributed by atoms with Gasteiger partial charge in [-0.05, 0) is 38.0 Å². The van der Waals surface area contributed by atoms with Gasteiger partial charge in [-0.3, -0.25) is 0 Å². The molecule has 6 heteroatoms. The van der Waals surface area contributed by atoms with Crippen molar-refractivity contribution in [1.29, 1.82) is 0 Å². The molecule has 0 saturated heterocycles. The molecule has 0 aliphatic carbocycles. The molecule has 0 heterocycles. The van der Waals surface area contributed by atoms with E-state index < -0.39 is 0 Å². The number of ether oxygens (including phenoxy) is 2. The lowest BCUT2D eigenvalue weighted by Gasteiger charge is -2.16. The molecule has 0 spiro atoms. The first-order valence-electron chi connectivity index (χ1n) is 8.45. The standard InChI is InChI=1S/C18H31N3O2.HI/c1-5-15(3)21-18(19-6-2)20-14-16-9-7-10-17(13-16)23-12-8-11-22-4;/h7,9-10,13,15H,5-6,8,11-12,14H2,1-4H3,(H2,19,20,21);1H. The summed E-state index contributed by atoms with van der Waals surface area (Å²) in [7, 11) is 1.70.